The number of anilines is 1. The monoisotopic (exact) mass is 650 g/mol. The van der Waals surface area contributed by atoms with Crippen LogP contribution >= 0.6 is 46.2 Å². The number of nitrogens with one attached hydrogen (secondary N) is 1. The summed E-state index contributed by atoms with van der Waals surface area (Å²) >= 11 is 5.26. The number of carbonyl (C=O) groups excluding carboxylic acids is 2. The number of thiazole rings is 2. The van der Waals surface area contributed by atoms with Crippen molar-refractivity contribution in [3.05, 3.63) is 40.8 Å². The van der Waals surface area contributed by atoms with Gasteiger partial charge in [0.2, 0.25) is 5.60 Å². The number of carboxylic acids is 2. The summed E-state index contributed by atoms with van der Waals surface area (Å²) in [7, 11) is 1.92. The minimum atomic E-state index is -1.76. The van der Waals surface area contributed by atoms with Crippen molar-refractivity contribution in [1.82, 2.24) is 20.2 Å². The first-order valence-corrected chi connectivity index (χ1v) is 15.9. The first-order chi connectivity index (χ1) is 19.9. The molecular formula is C24H24N7O7S4+. The number of rotatable bonds is 10. The quantitative estimate of drug-likeness (QED) is 0.0806. The average Bonchev–Trinajstić information content (AvgIpc) is 3.54. The fourth-order valence-corrected chi connectivity index (χ4v) is 8.14. The number of hydrogen-bond acceptors (Lipinski definition) is 13. The van der Waals surface area contributed by atoms with Crippen LogP contribution in [0, 0.1) is 0 Å². The molecule has 0 bridgehead atoms. The Morgan fingerprint density at radius 1 is 1.33 bits per heavy atom. The summed E-state index contributed by atoms with van der Waals surface area (Å²) in [5.41, 5.74) is 4.91. The van der Waals surface area contributed by atoms with Crippen LogP contribution in [-0.4, -0.2) is 83.1 Å². The highest BCUT2D eigenvalue weighted by molar-refractivity contribution is 8.02. The molecular weight excluding hydrogens is 627 g/mol. The molecule has 3 aromatic rings. The number of carbonyl (C=O) groups is 4. The molecule has 5 N–H and O–H groups in total. The number of β-lactam (4-membered cyclic amide) rings is 1. The molecule has 2 amide bonds. The van der Waals surface area contributed by atoms with E-state index in [1.807, 2.05) is 30.1 Å². The molecule has 0 spiro atoms. The number of aryl methyl sites for hydroxylation is 1. The first kappa shape index (κ1) is 29.7. The molecule has 0 aromatic carbocycles. The predicted molar refractivity (Wildman–Crippen MR) is 157 cm³/mol. The Bertz CT molecular complexity index is 1680. The van der Waals surface area contributed by atoms with E-state index in [1.165, 1.54) is 59.0 Å². The number of nitrogen functional groups attached to an aromatic ring is 1. The molecule has 0 aliphatic carbocycles. The SMILES string of the molecule is C[n+]1ccc2nc(SCC3=C(C(=O)O)N4C(=O)C(NC(=O)/C(=N\OC(C)(C)C(=O)O)c5csc(N)n5)[C@@H]4SC3)sc2c1. The van der Waals surface area contributed by atoms with Gasteiger partial charge < -0.3 is 26.1 Å². The topological polar surface area (TPSA) is 201 Å². The fourth-order valence-electron chi connectivity index (χ4n) is 3.96. The van der Waals surface area contributed by atoms with Gasteiger partial charge in [-0.15, -0.1) is 34.4 Å². The molecule has 220 valence electrons. The van der Waals surface area contributed by atoms with Crippen molar-refractivity contribution < 1.29 is 38.8 Å². The molecule has 2 aliphatic rings. The molecule has 0 radical (unpaired) electrons. The minimum Gasteiger partial charge on any atom is -0.478 e. The van der Waals surface area contributed by atoms with E-state index in [1.54, 1.807) is 0 Å². The zero-order valence-corrected chi connectivity index (χ0v) is 25.5. The van der Waals surface area contributed by atoms with Gasteiger partial charge in [0.25, 0.3) is 11.8 Å². The Balaban J connectivity index is 1.32. The zero-order chi connectivity index (χ0) is 30.3. The van der Waals surface area contributed by atoms with Gasteiger partial charge >= 0.3 is 11.9 Å². The smallest absolute Gasteiger partial charge is 0.352 e. The number of aromatic nitrogens is 3. The number of nitrogens with zero attached hydrogens (tertiary/aromatic N) is 5. The van der Waals surface area contributed by atoms with Crippen molar-refractivity contribution in [2.45, 2.75) is 35.2 Å². The number of hydrogen-bond donors (Lipinski definition) is 4. The van der Waals surface area contributed by atoms with Gasteiger partial charge in [-0.3, -0.25) is 14.5 Å². The predicted octanol–water partition coefficient (Wildman–Crippen LogP) is 1.27. The third kappa shape index (κ3) is 5.79. The Kier molecular flexibility index (Phi) is 8.15. The summed E-state index contributed by atoms with van der Waals surface area (Å²) in [5.74, 6) is -3.36. The highest BCUT2D eigenvalue weighted by Crippen LogP contribution is 2.42. The summed E-state index contributed by atoms with van der Waals surface area (Å²) < 4.78 is 3.71. The second kappa shape index (κ2) is 11.5. The molecule has 42 heavy (non-hydrogen) atoms. The van der Waals surface area contributed by atoms with Gasteiger partial charge in [-0.1, -0.05) is 16.9 Å². The van der Waals surface area contributed by atoms with Gasteiger partial charge in [-0.25, -0.2) is 24.1 Å². The maximum Gasteiger partial charge on any atom is 0.352 e. The molecule has 0 saturated carbocycles. The first-order valence-electron chi connectivity index (χ1n) is 12.2. The summed E-state index contributed by atoms with van der Waals surface area (Å²) in [6.45, 7) is 2.50. The summed E-state index contributed by atoms with van der Waals surface area (Å²) in [6, 6.07) is 0.856. The molecule has 18 heteroatoms. The van der Waals surface area contributed by atoms with E-state index in [-0.39, 0.29) is 22.2 Å². The minimum absolute atomic E-state index is 0.0325. The molecule has 2 atom stereocenters. The van der Waals surface area contributed by atoms with E-state index in [2.05, 4.69) is 20.4 Å². The van der Waals surface area contributed by atoms with Crippen molar-refractivity contribution in [2.75, 3.05) is 17.2 Å². The second-order valence-corrected chi connectivity index (χ2v) is 13.9. The van der Waals surface area contributed by atoms with E-state index in [0.717, 1.165) is 25.9 Å². The number of fused-ring (bicyclic) bond motifs is 2. The largest absolute Gasteiger partial charge is 0.478 e. The third-order valence-electron chi connectivity index (χ3n) is 6.22. The summed E-state index contributed by atoms with van der Waals surface area (Å²) in [5, 5.41) is 26.6. The molecule has 14 nitrogen and oxygen atoms in total. The molecule has 1 unspecified atom stereocenters. The number of aliphatic carboxylic acids is 2. The number of nitrogens with two attached hydrogens (primary N) is 1. The van der Waals surface area contributed by atoms with Crippen LogP contribution in [0.25, 0.3) is 10.2 Å². The fraction of sp³-hybridized carbons (Fsp3) is 0.333. The third-order valence-corrected chi connectivity index (χ3v) is 10.5. The lowest BCUT2D eigenvalue weighted by Crippen LogP contribution is -2.71. The van der Waals surface area contributed by atoms with Crippen molar-refractivity contribution in [2.24, 2.45) is 12.2 Å². The maximum absolute atomic E-state index is 13.2. The number of carboxylic acid groups (broad SMARTS) is 2. The van der Waals surface area contributed by atoms with Crippen molar-refractivity contribution in [3.8, 4) is 0 Å². The second-order valence-electron chi connectivity index (χ2n) is 9.66. The van der Waals surface area contributed by atoms with Gasteiger partial charge in [-0.2, -0.15) is 0 Å². The van der Waals surface area contributed by atoms with Crippen LogP contribution in [0.1, 0.15) is 19.5 Å². The lowest BCUT2D eigenvalue weighted by Gasteiger charge is -2.49. The van der Waals surface area contributed by atoms with E-state index in [4.69, 9.17) is 10.6 Å². The van der Waals surface area contributed by atoms with Crippen LogP contribution in [0.2, 0.25) is 0 Å². The van der Waals surface area contributed by atoms with Gasteiger partial charge in [0.15, 0.2) is 27.6 Å². The van der Waals surface area contributed by atoms with Crippen LogP contribution in [-0.2, 0) is 31.1 Å². The van der Waals surface area contributed by atoms with E-state index in [0.29, 0.717) is 17.1 Å². The molecule has 1 fully saturated rings. The normalized spacial score (nSPS) is 19.0. The zero-order valence-electron chi connectivity index (χ0n) is 22.3. The van der Waals surface area contributed by atoms with Gasteiger partial charge in [0, 0.05) is 23.0 Å². The van der Waals surface area contributed by atoms with Crippen molar-refractivity contribution >= 4 is 91.0 Å². The number of oxime groups is 1. The van der Waals surface area contributed by atoms with Gasteiger partial charge in [0.05, 0.1) is 5.52 Å². The number of pyridine rings is 1. The van der Waals surface area contributed by atoms with Gasteiger partial charge in [-0.05, 0) is 19.4 Å². The van der Waals surface area contributed by atoms with Crippen LogP contribution in [0.4, 0.5) is 5.13 Å². The van der Waals surface area contributed by atoms with Crippen LogP contribution < -0.4 is 15.6 Å². The lowest BCUT2D eigenvalue weighted by atomic mass is 10.0. The molecule has 1 saturated heterocycles. The van der Waals surface area contributed by atoms with Crippen molar-refractivity contribution in [3.63, 3.8) is 0 Å². The molecule has 2 aliphatic heterocycles. The van der Waals surface area contributed by atoms with Crippen LogP contribution in [0.5, 0.6) is 0 Å². The highest BCUT2D eigenvalue weighted by atomic mass is 32.2. The number of thioether (sulfide) groups is 2. The Hall–Kier alpha value is -3.74. The molecule has 5 rings (SSSR count). The van der Waals surface area contributed by atoms with Crippen LogP contribution in [0.3, 0.4) is 0 Å². The van der Waals surface area contributed by atoms with Crippen LogP contribution in [0.15, 0.2) is 44.6 Å². The highest BCUT2D eigenvalue weighted by Gasteiger charge is 2.54. The Morgan fingerprint density at radius 2 is 2.10 bits per heavy atom. The Labute approximate surface area is 254 Å². The standard InChI is InChI=1S/C24H23N7O7S4/c1-24(2,21(36)37)38-29-14(12-9-40-22(25)26-12)17(32)28-15-18(33)31-16(20(34)35)10(7-39-19(15)31)8-41-23-27-11-4-5-30(3)6-13(11)42-23/h4-6,9,15,19H,7-8H2,1-3H3,(H4-,25,26,28,32,34,35,36,37)/p+1/b29-14-/t15?,19-/m0/s1. The summed E-state index contributed by atoms with van der Waals surface area (Å²) in [6.07, 6.45) is 3.86. The summed E-state index contributed by atoms with van der Waals surface area (Å²) in [4.78, 5) is 65.0. The Morgan fingerprint density at radius 3 is 2.76 bits per heavy atom. The lowest BCUT2D eigenvalue weighted by molar-refractivity contribution is -0.670. The molecule has 5 heterocycles. The van der Waals surface area contributed by atoms with E-state index < -0.39 is 40.8 Å². The number of amides is 2. The van der Waals surface area contributed by atoms with E-state index >= 15 is 0 Å². The average molecular weight is 651 g/mol. The van der Waals surface area contributed by atoms with Gasteiger partial charge in [0.1, 0.15) is 34.6 Å². The molecule has 3 aromatic heterocycles. The van der Waals surface area contributed by atoms with Crippen molar-refractivity contribution in [1.29, 1.82) is 0 Å². The maximum atomic E-state index is 13.2. The van der Waals surface area contributed by atoms with E-state index in [9.17, 15) is 29.4 Å².